The van der Waals surface area contributed by atoms with Crippen LogP contribution in [-0.2, 0) is 6.54 Å². The summed E-state index contributed by atoms with van der Waals surface area (Å²) in [6.45, 7) is 8.96. The number of carboxylic acids is 1. The molecule has 2 aromatic carbocycles. The molecule has 136 valence electrons. The number of hydrogen-bond donors (Lipinski definition) is 1. The van der Waals surface area contributed by atoms with Gasteiger partial charge in [-0.3, -0.25) is 0 Å². The molecule has 0 aliphatic heterocycles. The fourth-order valence-corrected chi connectivity index (χ4v) is 4.14. The van der Waals surface area contributed by atoms with Gasteiger partial charge in [-0.25, -0.2) is 9.78 Å². The molecule has 3 aromatic rings. The second-order valence-electron chi connectivity index (χ2n) is 7.22. The van der Waals surface area contributed by atoms with Crippen molar-refractivity contribution in [3.05, 3.63) is 58.4 Å². The summed E-state index contributed by atoms with van der Waals surface area (Å²) in [6.07, 6.45) is 0. The predicted octanol–water partition coefficient (Wildman–Crippen LogP) is 5.64. The van der Waals surface area contributed by atoms with E-state index in [9.17, 15) is 9.90 Å². The molecule has 26 heavy (non-hydrogen) atoms. The Morgan fingerprint density at radius 1 is 1.23 bits per heavy atom. The van der Waals surface area contributed by atoms with Crippen LogP contribution in [-0.4, -0.2) is 25.4 Å². The first-order valence-electron chi connectivity index (χ1n) is 8.32. The van der Waals surface area contributed by atoms with Gasteiger partial charge in [0, 0.05) is 14.7 Å². The molecule has 0 saturated heterocycles. The maximum absolute atomic E-state index is 11.3. The lowest BCUT2D eigenvalue weighted by Crippen LogP contribution is -2.07. The van der Waals surface area contributed by atoms with Crippen LogP contribution in [0.1, 0.15) is 42.5 Å². The minimum Gasteiger partial charge on any atom is -0.478 e. The Hall–Kier alpha value is -1.98. The van der Waals surface area contributed by atoms with Crippen molar-refractivity contribution in [2.75, 3.05) is 0 Å². The van der Waals surface area contributed by atoms with Gasteiger partial charge in [0.25, 0.3) is 0 Å². The van der Waals surface area contributed by atoms with Gasteiger partial charge in [-0.05, 0) is 42.8 Å². The zero-order chi connectivity index (χ0) is 19.1. The van der Waals surface area contributed by atoms with Crippen LogP contribution in [0.15, 0.2) is 41.3 Å². The molecule has 1 aromatic heterocycles. The van der Waals surface area contributed by atoms with Crippen LogP contribution < -0.4 is 0 Å². The van der Waals surface area contributed by atoms with Crippen LogP contribution in [0.4, 0.5) is 0 Å². The number of imidazole rings is 1. The molecule has 0 amide bonds. The molecule has 4 nitrogen and oxygen atoms in total. The van der Waals surface area contributed by atoms with Gasteiger partial charge in [0.15, 0.2) is 0 Å². The summed E-state index contributed by atoms with van der Waals surface area (Å²) in [5, 5.41) is 9.95. The lowest BCUT2D eigenvalue weighted by Gasteiger charge is -2.18. The fraction of sp³-hybridized carbons (Fsp3) is 0.300. The highest BCUT2D eigenvalue weighted by molar-refractivity contribution is 8.00. The third kappa shape index (κ3) is 4.05. The molecule has 0 aliphatic carbocycles. The minimum atomic E-state index is -0.945. The monoisotopic (exact) mass is 388 g/mol. The summed E-state index contributed by atoms with van der Waals surface area (Å²) in [5.41, 5.74) is 2.81. The van der Waals surface area contributed by atoms with E-state index in [1.807, 2.05) is 23.6 Å². The van der Waals surface area contributed by atoms with E-state index in [1.165, 1.54) is 0 Å². The van der Waals surface area contributed by atoms with Gasteiger partial charge in [-0.2, -0.15) is 0 Å². The molecule has 6 heteroatoms. The number of fused-ring (bicyclic) bond motifs is 1. The fourth-order valence-electron chi connectivity index (χ4n) is 2.82. The Bertz CT molecular complexity index is 989. The van der Waals surface area contributed by atoms with Crippen molar-refractivity contribution in [3.8, 4) is 0 Å². The van der Waals surface area contributed by atoms with Gasteiger partial charge in [0.1, 0.15) is 5.82 Å². The largest absolute Gasteiger partial charge is 0.478 e. The first kappa shape index (κ1) is 18.8. The number of carboxylic acid groups (broad SMARTS) is 1. The molecule has 0 spiro atoms. The highest BCUT2D eigenvalue weighted by Gasteiger charge is 2.15. The third-order valence-electron chi connectivity index (χ3n) is 3.96. The van der Waals surface area contributed by atoms with Crippen molar-refractivity contribution in [3.63, 3.8) is 0 Å². The molecular formula is C20H21ClN2O2S. The number of nitrogens with zero attached hydrogens (tertiary/aromatic N) is 2. The second-order valence-corrected chi connectivity index (χ2v) is 9.53. The van der Waals surface area contributed by atoms with Crippen molar-refractivity contribution in [1.29, 1.82) is 0 Å². The van der Waals surface area contributed by atoms with E-state index in [0.717, 1.165) is 27.3 Å². The maximum atomic E-state index is 11.3. The summed E-state index contributed by atoms with van der Waals surface area (Å²) < 4.78 is 2.12. The van der Waals surface area contributed by atoms with Gasteiger partial charge < -0.3 is 9.67 Å². The number of aromatic nitrogens is 2. The third-order valence-corrected chi connectivity index (χ3v) is 5.42. The van der Waals surface area contributed by atoms with Gasteiger partial charge in [-0.15, -0.1) is 11.8 Å². The van der Waals surface area contributed by atoms with Gasteiger partial charge >= 0.3 is 5.97 Å². The molecule has 0 fully saturated rings. The smallest absolute Gasteiger partial charge is 0.335 e. The first-order valence-corrected chi connectivity index (χ1v) is 9.51. The number of benzene rings is 2. The van der Waals surface area contributed by atoms with Gasteiger partial charge in [-0.1, -0.05) is 38.4 Å². The molecule has 0 radical (unpaired) electrons. The molecule has 0 saturated carbocycles. The zero-order valence-corrected chi connectivity index (χ0v) is 16.8. The van der Waals surface area contributed by atoms with Crippen LogP contribution in [0.25, 0.3) is 11.0 Å². The highest BCUT2D eigenvalue weighted by Crippen LogP contribution is 2.34. The summed E-state index contributed by atoms with van der Waals surface area (Å²) in [6, 6.07) is 11.1. The average Bonchev–Trinajstić information content (AvgIpc) is 2.83. The maximum Gasteiger partial charge on any atom is 0.335 e. The highest BCUT2D eigenvalue weighted by atomic mass is 35.5. The summed E-state index contributed by atoms with van der Waals surface area (Å²) in [5.74, 6) is -0.120. The van der Waals surface area contributed by atoms with E-state index in [1.54, 1.807) is 30.0 Å². The van der Waals surface area contributed by atoms with Crippen LogP contribution in [0.3, 0.4) is 0 Å². The topological polar surface area (TPSA) is 55.1 Å². The van der Waals surface area contributed by atoms with E-state index in [4.69, 9.17) is 11.6 Å². The van der Waals surface area contributed by atoms with E-state index < -0.39 is 5.97 Å². The minimum absolute atomic E-state index is 0.120. The Morgan fingerprint density at radius 2 is 1.96 bits per heavy atom. The number of aryl methyl sites for hydroxylation is 1. The SMILES string of the molecule is Cc1nc2ccc(C(=O)O)cc2n1Cc1ccc(SC(C)(C)C)cc1Cl. The molecule has 0 aliphatic rings. The van der Waals surface area contributed by atoms with Crippen LogP contribution in [0, 0.1) is 6.92 Å². The van der Waals surface area contributed by atoms with E-state index in [0.29, 0.717) is 11.6 Å². The normalized spacial score (nSPS) is 11.9. The molecular weight excluding hydrogens is 368 g/mol. The molecule has 1 heterocycles. The Labute approximate surface area is 162 Å². The van der Waals surface area contributed by atoms with Gasteiger partial charge in [0.2, 0.25) is 0 Å². The molecule has 1 N–H and O–H groups in total. The zero-order valence-electron chi connectivity index (χ0n) is 15.2. The quantitative estimate of drug-likeness (QED) is 0.588. The van der Waals surface area contributed by atoms with Crippen molar-refractivity contribution in [2.24, 2.45) is 0 Å². The Morgan fingerprint density at radius 3 is 2.58 bits per heavy atom. The molecule has 0 atom stereocenters. The number of carbonyl (C=O) groups is 1. The summed E-state index contributed by atoms with van der Waals surface area (Å²) >= 11 is 8.29. The van der Waals surface area contributed by atoms with E-state index in [2.05, 4.69) is 31.8 Å². The summed E-state index contributed by atoms with van der Waals surface area (Å²) in [7, 11) is 0. The first-order chi connectivity index (χ1) is 12.1. The van der Waals surface area contributed by atoms with Gasteiger partial charge in [0.05, 0.1) is 23.1 Å². The lowest BCUT2D eigenvalue weighted by molar-refractivity contribution is 0.0697. The van der Waals surface area contributed by atoms with Crippen molar-refractivity contribution < 1.29 is 9.90 Å². The molecule has 3 rings (SSSR count). The lowest BCUT2D eigenvalue weighted by atomic mass is 10.2. The number of hydrogen-bond acceptors (Lipinski definition) is 3. The Balaban J connectivity index is 1.97. The summed E-state index contributed by atoms with van der Waals surface area (Å²) in [4.78, 5) is 16.9. The molecule has 0 bridgehead atoms. The van der Waals surface area contributed by atoms with Crippen molar-refractivity contribution >= 4 is 40.4 Å². The standard InChI is InChI=1S/C20H21ClN2O2S/c1-12-22-17-8-6-13(19(24)25)9-18(17)23(12)11-14-5-7-15(10-16(14)21)26-20(2,3)4/h5-10H,11H2,1-4H3,(H,24,25). The number of rotatable bonds is 4. The number of thioether (sulfide) groups is 1. The second kappa shape index (κ2) is 6.97. The average molecular weight is 389 g/mol. The number of aromatic carboxylic acids is 1. The van der Waals surface area contributed by atoms with Crippen molar-refractivity contribution in [2.45, 2.75) is 43.9 Å². The number of halogens is 1. The van der Waals surface area contributed by atoms with Crippen molar-refractivity contribution in [1.82, 2.24) is 9.55 Å². The predicted molar refractivity (Wildman–Crippen MR) is 108 cm³/mol. The van der Waals surface area contributed by atoms with E-state index in [-0.39, 0.29) is 10.3 Å². The van der Waals surface area contributed by atoms with Crippen LogP contribution >= 0.6 is 23.4 Å². The van der Waals surface area contributed by atoms with Crippen LogP contribution in [0.2, 0.25) is 5.02 Å². The van der Waals surface area contributed by atoms with Crippen LogP contribution in [0.5, 0.6) is 0 Å². The van der Waals surface area contributed by atoms with E-state index >= 15 is 0 Å². The molecule has 0 unspecified atom stereocenters. The Kier molecular flexibility index (Phi) is 5.04.